The van der Waals surface area contributed by atoms with Gasteiger partial charge in [-0.25, -0.2) is 4.79 Å². The Morgan fingerprint density at radius 3 is 2.20 bits per heavy atom. The zero-order valence-electron chi connectivity index (χ0n) is 5.13. The first-order valence-corrected chi connectivity index (χ1v) is 2.42. The number of carbonyl (C=O) groups is 2. The average Bonchev–Trinajstić information content (AvgIpc) is 1.82. The van der Waals surface area contributed by atoms with Gasteiger partial charge in [-0.2, -0.15) is 0 Å². The predicted octanol–water partition coefficient (Wildman–Crippen LogP) is -0.741. The Morgan fingerprint density at radius 1 is 1.40 bits per heavy atom. The summed E-state index contributed by atoms with van der Waals surface area (Å²) in [5.41, 5.74) is -0.317. The molecule has 0 atom stereocenters. The molecule has 3 N–H and O–H groups in total. The van der Waals surface area contributed by atoms with Crippen LogP contribution < -0.4 is 5.32 Å². The van der Waals surface area contributed by atoms with Gasteiger partial charge in [0.15, 0.2) is 0 Å². The van der Waals surface area contributed by atoms with Crippen molar-refractivity contribution in [2.45, 2.75) is 0 Å². The summed E-state index contributed by atoms with van der Waals surface area (Å²) in [7, 11) is 0. The van der Waals surface area contributed by atoms with Gasteiger partial charge in [-0.1, -0.05) is 6.58 Å². The molecule has 0 aliphatic rings. The van der Waals surface area contributed by atoms with Crippen molar-refractivity contribution in [1.29, 1.82) is 0 Å². The van der Waals surface area contributed by atoms with E-state index in [0.29, 0.717) is 0 Å². The highest BCUT2D eigenvalue weighted by atomic mass is 16.4. The zero-order chi connectivity index (χ0) is 8.15. The van der Waals surface area contributed by atoms with Gasteiger partial charge in [-0.05, 0) is 0 Å². The first kappa shape index (κ1) is 8.48. The molecule has 0 fully saturated rings. The minimum absolute atomic E-state index is 0.317. The minimum Gasteiger partial charge on any atom is -0.480 e. The molecule has 0 amide bonds. The molecule has 0 radical (unpaired) electrons. The quantitative estimate of drug-likeness (QED) is 0.453. The standard InChI is InChI=1S/C5H7NO4/c1-3(5(9)10)6-2-4(7)8/h6H,1-2H2,(H,7,8)(H,9,10). The van der Waals surface area contributed by atoms with Gasteiger partial charge in [0, 0.05) is 0 Å². The van der Waals surface area contributed by atoms with E-state index in [9.17, 15) is 9.59 Å². The molecule has 0 rings (SSSR count). The lowest BCUT2D eigenvalue weighted by atomic mass is 10.5. The molecule has 5 nitrogen and oxygen atoms in total. The fraction of sp³-hybridized carbons (Fsp3) is 0.200. The van der Waals surface area contributed by atoms with E-state index in [1.54, 1.807) is 0 Å². The summed E-state index contributed by atoms with van der Waals surface area (Å²) >= 11 is 0. The van der Waals surface area contributed by atoms with Crippen LogP contribution in [-0.4, -0.2) is 28.7 Å². The molecule has 56 valence electrons. The summed E-state index contributed by atoms with van der Waals surface area (Å²) in [5.74, 6) is -2.37. The molecule has 0 unspecified atom stereocenters. The first-order valence-electron chi connectivity index (χ1n) is 2.42. The summed E-state index contributed by atoms with van der Waals surface area (Å²) in [6.07, 6.45) is 0. The molecule has 0 aliphatic carbocycles. The van der Waals surface area contributed by atoms with E-state index in [2.05, 4.69) is 11.9 Å². The van der Waals surface area contributed by atoms with Gasteiger partial charge in [0.2, 0.25) is 0 Å². The van der Waals surface area contributed by atoms with Crippen molar-refractivity contribution >= 4 is 11.9 Å². The van der Waals surface area contributed by atoms with Gasteiger partial charge >= 0.3 is 11.9 Å². The molecule has 0 aliphatic heterocycles. The first-order chi connectivity index (χ1) is 4.54. The molecule has 10 heavy (non-hydrogen) atoms. The molecular formula is C5H7NO4. The maximum atomic E-state index is 9.96. The Kier molecular flexibility index (Phi) is 2.96. The minimum atomic E-state index is -1.25. The molecular weight excluding hydrogens is 138 g/mol. The lowest BCUT2D eigenvalue weighted by Gasteiger charge is -1.99. The summed E-state index contributed by atoms with van der Waals surface area (Å²) in [6.45, 7) is 2.63. The van der Waals surface area contributed by atoms with Crippen molar-refractivity contribution in [2.75, 3.05) is 6.54 Å². The normalized spacial score (nSPS) is 8.40. The van der Waals surface area contributed by atoms with Gasteiger partial charge in [-0.15, -0.1) is 0 Å². The van der Waals surface area contributed by atoms with Crippen molar-refractivity contribution in [2.24, 2.45) is 0 Å². The second-order valence-corrected chi connectivity index (χ2v) is 1.53. The summed E-state index contributed by atoms with van der Waals surface area (Å²) < 4.78 is 0. The van der Waals surface area contributed by atoms with Crippen molar-refractivity contribution in [3.8, 4) is 0 Å². The van der Waals surface area contributed by atoms with Gasteiger partial charge < -0.3 is 15.5 Å². The van der Waals surface area contributed by atoms with E-state index in [1.165, 1.54) is 0 Å². The molecule has 0 heterocycles. The van der Waals surface area contributed by atoms with Crippen LogP contribution in [0.2, 0.25) is 0 Å². The molecule has 0 bridgehead atoms. The Hall–Kier alpha value is -1.52. The van der Waals surface area contributed by atoms with Crippen LogP contribution in [0.4, 0.5) is 0 Å². The highest BCUT2D eigenvalue weighted by Crippen LogP contribution is 1.80. The zero-order valence-corrected chi connectivity index (χ0v) is 5.13. The number of nitrogens with one attached hydrogen (secondary N) is 1. The molecule has 0 aromatic carbocycles. The molecule has 5 heteroatoms. The predicted molar refractivity (Wildman–Crippen MR) is 32.4 cm³/mol. The van der Waals surface area contributed by atoms with Gasteiger partial charge in [0.25, 0.3) is 0 Å². The fourth-order valence-corrected chi connectivity index (χ4v) is 0.258. The van der Waals surface area contributed by atoms with Crippen LogP contribution in [0.1, 0.15) is 0 Å². The van der Waals surface area contributed by atoms with E-state index in [-0.39, 0.29) is 5.70 Å². The topological polar surface area (TPSA) is 86.6 Å². The fourth-order valence-electron chi connectivity index (χ4n) is 0.258. The Balaban J connectivity index is 3.60. The summed E-state index contributed by atoms with van der Waals surface area (Å²) in [5, 5.41) is 18.3. The molecule has 0 saturated carbocycles. The third kappa shape index (κ3) is 3.48. The Labute approximate surface area is 57.0 Å². The number of hydrogen-bond donors (Lipinski definition) is 3. The Morgan fingerprint density at radius 2 is 1.90 bits per heavy atom. The summed E-state index contributed by atoms with van der Waals surface area (Å²) in [6, 6.07) is 0. The third-order valence-corrected chi connectivity index (χ3v) is 0.711. The second-order valence-electron chi connectivity index (χ2n) is 1.53. The van der Waals surface area contributed by atoms with Crippen molar-refractivity contribution in [3.05, 3.63) is 12.3 Å². The van der Waals surface area contributed by atoms with E-state index >= 15 is 0 Å². The van der Waals surface area contributed by atoms with E-state index < -0.39 is 18.5 Å². The van der Waals surface area contributed by atoms with Crippen LogP contribution in [0.15, 0.2) is 12.3 Å². The van der Waals surface area contributed by atoms with Gasteiger partial charge in [0.1, 0.15) is 12.2 Å². The second kappa shape index (κ2) is 3.49. The van der Waals surface area contributed by atoms with Crippen molar-refractivity contribution < 1.29 is 19.8 Å². The van der Waals surface area contributed by atoms with E-state index in [0.717, 1.165) is 0 Å². The maximum Gasteiger partial charge on any atom is 0.351 e. The largest absolute Gasteiger partial charge is 0.480 e. The third-order valence-electron chi connectivity index (χ3n) is 0.711. The van der Waals surface area contributed by atoms with Crippen LogP contribution in [0.5, 0.6) is 0 Å². The molecule has 0 spiro atoms. The van der Waals surface area contributed by atoms with Crippen molar-refractivity contribution in [3.63, 3.8) is 0 Å². The van der Waals surface area contributed by atoms with Crippen LogP contribution in [0.3, 0.4) is 0 Å². The summed E-state index contributed by atoms with van der Waals surface area (Å²) in [4.78, 5) is 19.8. The van der Waals surface area contributed by atoms with Crippen LogP contribution in [-0.2, 0) is 9.59 Å². The van der Waals surface area contributed by atoms with E-state index in [1.807, 2.05) is 0 Å². The number of hydrogen-bond acceptors (Lipinski definition) is 3. The van der Waals surface area contributed by atoms with Crippen LogP contribution in [0, 0.1) is 0 Å². The highest BCUT2D eigenvalue weighted by molar-refractivity contribution is 5.85. The maximum absolute atomic E-state index is 9.96. The lowest BCUT2D eigenvalue weighted by molar-refractivity contribution is -0.136. The number of carboxylic acids is 2. The molecule has 0 saturated heterocycles. The molecule has 0 aromatic heterocycles. The highest BCUT2D eigenvalue weighted by Gasteiger charge is 2.03. The molecule has 0 aromatic rings. The monoisotopic (exact) mass is 145 g/mol. The Bertz CT molecular complexity index is 174. The number of rotatable bonds is 4. The van der Waals surface area contributed by atoms with Crippen LogP contribution in [0.25, 0.3) is 0 Å². The van der Waals surface area contributed by atoms with Gasteiger partial charge in [0.05, 0.1) is 0 Å². The number of carboxylic acid groups (broad SMARTS) is 2. The number of aliphatic carboxylic acids is 2. The van der Waals surface area contributed by atoms with E-state index in [4.69, 9.17) is 10.2 Å². The van der Waals surface area contributed by atoms with Crippen molar-refractivity contribution in [1.82, 2.24) is 5.32 Å². The van der Waals surface area contributed by atoms with Crippen LogP contribution >= 0.6 is 0 Å². The smallest absolute Gasteiger partial charge is 0.351 e. The SMILES string of the molecule is C=C(NCC(=O)O)C(=O)O. The lowest BCUT2D eigenvalue weighted by Crippen LogP contribution is -2.25. The van der Waals surface area contributed by atoms with Gasteiger partial charge in [-0.3, -0.25) is 4.79 Å². The average molecular weight is 145 g/mol.